The summed E-state index contributed by atoms with van der Waals surface area (Å²) in [5, 5.41) is 0.752. The number of ether oxygens (including phenoxy) is 1. The Kier molecular flexibility index (Phi) is 5.72. The first-order chi connectivity index (χ1) is 15.2. The van der Waals surface area contributed by atoms with Crippen molar-refractivity contribution in [3.8, 4) is 0 Å². The van der Waals surface area contributed by atoms with Crippen molar-refractivity contribution in [2.75, 3.05) is 12.3 Å². The summed E-state index contributed by atoms with van der Waals surface area (Å²) < 4.78 is 44.2. The number of carbonyl (C=O) groups is 1. The molecular weight excluding hydrogens is 423 g/mol. The summed E-state index contributed by atoms with van der Waals surface area (Å²) in [6.45, 7) is 4.74. The van der Waals surface area contributed by atoms with Crippen LogP contribution in [0.15, 0.2) is 30.6 Å². The molecule has 0 fully saturated rings. The Labute approximate surface area is 182 Å². The van der Waals surface area contributed by atoms with Crippen LogP contribution in [0.4, 0.5) is 19.0 Å². The summed E-state index contributed by atoms with van der Waals surface area (Å²) in [5.74, 6) is 0.0490. The van der Waals surface area contributed by atoms with Crippen LogP contribution in [0.3, 0.4) is 0 Å². The fraction of sp³-hybridized carbons (Fsp3) is 0.364. The predicted octanol–water partition coefficient (Wildman–Crippen LogP) is 4.27. The van der Waals surface area contributed by atoms with Gasteiger partial charge in [-0.25, -0.2) is 9.97 Å². The monoisotopic (exact) mass is 445 g/mol. The Hall–Kier alpha value is -3.27. The predicted molar refractivity (Wildman–Crippen MR) is 111 cm³/mol. The normalized spacial score (nSPS) is 14.4. The van der Waals surface area contributed by atoms with Crippen LogP contribution < -0.4 is 5.73 Å². The van der Waals surface area contributed by atoms with Crippen molar-refractivity contribution < 1.29 is 22.7 Å². The van der Waals surface area contributed by atoms with Crippen LogP contribution in [-0.2, 0) is 24.1 Å². The average molecular weight is 445 g/mol. The van der Waals surface area contributed by atoms with Crippen LogP contribution in [0.2, 0.25) is 0 Å². The molecule has 0 spiro atoms. The minimum Gasteiger partial charge on any atom is -0.383 e. The van der Waals surface area contributed by atoms with Crippen molar-refractivity contribution in [3.05, 3.63) is 58.7 Å². The molecule has 0 radical (unpaired) electrons. The molecule has 32 heavy (non-hydrogen) atoms. The highest BCUT2D eigenvalue weighted by molar-refractivity contribution is 5.97. The molecule has 1 aliphatic rings. The molecule has 4 rings (SSSR count). The Morgan fingerprint density at radius 1 is 1.19 bits per heavy atom. The quantitative estimate of drug-likeness (QED) is 0.630. The molecule has 4 heterocycles. The highest BCUT2D eigenvalue weighted by Crippen LogP contribution is 2.33. The van der Waals surface area contributed by atoms with Gasteiger partial charge in [0, 0.05) is 23.7 Å². The molecule has 3 aromatic heterocycles. The van der Waals surface area contributed by atoms with Crippen LogP contribution >= 0.6 is 0 Å². The number of pyridine rings is 3. The lowest BCUT2D eigenvalue weighted by Gasteiger charge is -2.29. The first kappa shape index (κ1) is 21.9. The topological polar surface area (TPSA) is 94.2 Å². The number of nitrogen functional groups attached to an aromatic ring is 1. The SMILES string of the molecule is CC[C@H](c1ccc(C(F)(F)F)cn1)N(CC)C(=O)c1cc2c3c(c(N)nc2cn1)COC3. The van der Waals surface area contributed by atoms with Gasteiger partial charge in [-0.3, -0.25) is 9.78 Å². The lowest BCUT2D eigenvalue weighted by atomic mass is 10.0. The molecule has 0 saturated carbocycles. The van der Waals surface area contributed by atoms with E-state index >= 15 is 0 Å². The standard InChI is InChI=1S/C22H22F3N5O2/c1-3-19(16-6-5-12(8-27-16)22(23,24)25)30(4-2)21(31)17-7-13-14-10-32-11-15(14)20(26)29-18(13)9-28-17/h5-9,19H,3-4,10-11H2,1-2H3,(H2,26,29)/t19-/m1/s1. The van der Waals surface area contributed by atoms with Gasteiger partial charge in [0.2, 0.25) is 0 Å². The number of hydrogen-bond acceptors (Lipinski definition) is 6. The van der Waals surface area contributed by atoms with E-state index in [0.717, 1.165) is 28.8 Å². The number of halogens is 3. The number of anilines is 1. The molecule has 3 aromatic rings. The molecule has 0 aliphatic carbocycles. The molecule has 1 aliphatic heterocycles. The smallest absolute Gasteiger partial charge is 0.383 e. The summed E-state index contributed by atoms with van der Waals surface area (Å²) in [7, 11) is 0. The maximum Gasteiger partial charge on any atom is 0.417 e. The number of alkyl halides is 3. The second kappa shape index (κ2) is 8.34. The Morgan fingerprint density at radius 2 is 1.94 bits per heavy atom. The lowest BCUT2D eigenvalue weighted by molar-refractivity contribution is -0.137. The van der Waals surface area contributed by atoms with Gasteiger partial charge in [-0.15, -0.1) is 0 Å². The highest BCUT2D eigenvalue weighted by Gasteiger charge is 2.32. The van der Waals surface area contributed by atoms with Gasteiger partial charge in [0.15, 0.2) is 0 Å². The van der Waals surface area contributed by atoms with E-state index in [0.29, 0.717) is 43.2 Å². The Bertz CT molecular complexity index is 1160. The number of rotatable bonds is 5. The molecule has 1 atom stereocenters. The number of fused-ring (bicyclic) bond motifs is 3. The first-order valence-electron chi connectivity index (χ1n) is 10.2. The van der Waals surface area contributed by atoms with Gasteiger partial charge < -0.3 is 15.4 Å². The maximum atomic E-state index is 13.4. The van der Waals surface area contributed by atoms with Gasteiger partial charge in [0.25, 0.3) is 5.91 Å². The second-order valence-electron chi connectivity index (χ2n) is 7.52. The summed E-state index contributed by atoms with van der Waals surface area (Å²) in [5.41, 5.74) is 8.05. The third kappa shape index (κ3) is 3.86. The van der Waals surface area contributed by atoms with Crippen molar-refractivity contribution >= 4 is 22.6 Å². The van der Waals surface area contributed by atoms with Gasteiger partial charge in [-0.05, 0) is 37.1 Å². The maximum absolute atomic E-state index is 13.4. The van der Waals surface area contributed by atoms with Crippen LogP contribution in [0.1, 0.15) is 59.2 Å². The van der Waals surface area contributed by atoms with Crippen molar-refractivity contribution in [1.82, 2.24) is 19.9 Å². The third-order valence-electron chi connectivity index (χ3n) is 5.65. The zero-order valence-corrected chi connectivity index (χ0v) is 17.6. The van der Waals surface area contributed by atoms with E-state index in [1.807, 2.05) is 6.92 Å². The molecule has 0 bridgehead atoms. The Balaban J connectivity index is 1.68. The second-order valence-corrected chi connectivity index (χ2v) is 7.52. The van der Waals surface area contributed by atoms with E-state index in [4.69, 9.17) is 10.5 Å². The molecule has 7 nitrogen and oxygen atoms in total. The fourth-order valence-electron chi connectivity index (χ4n) is 4.00. The van der Waals surface area contributed by atoms with E-state index in [9.17, 15) is 18.0 Å². The van der Waals surface area contributed by atoms with E-state index in [1.165, 1.54) is 12.3 Å². The number of carbonyl (C=O) groups excluding carboxylic acids is 1. The molecule has 2 N–H and O–H groups in total. The molecule has 168 valence electrons. The van der Waals surface area contributed by atoms with Crippen LogP contribution in [-0.4, -0.2) is 32.3 Å². The molecule has 10 heteroatoms. The number of nitrogens with zero attached hydrogens (tertiary/aromatic N) is 4. The van der Waals surface area contributed by atoms with Crippen molar-refractivity contribution in [3.63, 3.8) is 0 Å². The number of amides is 1. The van der Waals surface area contributed by atoms with Crippen molar-refractivity contribution in [2.24, 2.45) is 0 Å². The van der Waals surface area contributed by atoms with Crippen molar-refractivity contribution in [2.45, 2.75) is 45.7 Å². The van der Waals surface area contributed by atoms with E-state index in [-0.39, 0.29) is 11.6 Å². The summed E-state index contributed by atoms with van der Waals surface area (Å²) in [6, 6.07) is 3.48. The molecule has 0 aromatic carbocycles. The summed E-state index contributed by atoms with van der Waals surface area (Å²) in [4.78, 5) is 27.5. The van der Waals surface area contributed by atoms with E-state index in [2.05, 4.69) is 15.0 Å². The molecule has 1 amide bonds. The zero-order chi connectivity index (χ0) is 23.0. The largest absolute Gasteiger partial charge is 0.417 e. The van der Waals surface area contributed by atoms with Crippen molar-refractivity contribution in [1.29, 1.82) is 0 Å². The minimum absolute atomic E-state index is 0.213. The van der Waals surface area contributed by atoms with Gasteiger partial charge in [-0.1, -0.05) is 6.92 Å². The van der Waals surface area contributed by atoms with Gasteiger partial charge in [0.1, 0.15) is 11.5 Å². The van der Waals surface area contributed by atoms with Crippen LogP contribution in [0.25, 0.3) is 10.9 Å². The number of aromatic nitrogens is 3. The molecular formula is C22H22F3N5O2. The number of hydrogen-bond donors (Lipinski definition) is 1. The van der Waals surface area contributed by atoms with Gasteiger partial charge >= 0.3 is 6.18 Å². The minimum atomic E-state index is -4.47. The highest BCUT2D eigenvalue weighted by atomic mass is 19.4. The number of nitrogens with two attached hydrogens (primary N) is 1. The van der Waals surface area contributed by atoms with Crippen LogP contribution in [0.5, 0.6) is 0 Å². The summed E-state index contributed by atoms with van der Waals surface area (Å²) >= 11 is 0. The van der Waals surface area contributed by atoms with E-state index < -0.39 is 17.8 Å². The van der Waals surface area contributed by atoms with Gasteiger partial charge in [0.05, 0.1) is 42.2 Å². The molecule has 0 unspecified atom stereocenters. The van der Waals surface area contributed by atoms with Crippen LogP contribution in [0, 0.1) is 0 Å². The van der Waals surface area contributed by atoms with Gasteiger partial charge in [-0.2, -0.15) is 13.2 Å². The third-order valence-corrected chi connectivity index (χ3v) is 5.65. The average Bonchev–Trinajstić information content (AvgIpc) is 3.27. The molecule has 0 saturated heterocycles. The lowest BCUT2D eigenvalue weighted by Crippen LogP contribution is -2.35. The fourth-order valence-corrected chi connectivity index (χ4v) is 4.00. The Morgan fingerprint density at radius 3 is 2.56 bits per heavy atom. The van der Waals surface area contributed by atoms with E-state index in [1.54, 1.807) is 17.9 Å². The first-order valence-corrected chi connectivity index (χ1v) is 10.2. The zero-order valence-electron chi connectivity index (χ0n) is 17.6. The summed E-state index contributed by atoms with van der Waals surface area (Å²) in [6.07, 6.45) is -1.69.